The van der Waals surface area contributed by atoms with E-state index in [2.05, 4.69) is 10.4 Å². The van der Waals surface area contributed by atoms with Gasteiger partial charge in [0.15, 0.2) is 0 Å². The van der Waals surface area contributed by atoms with Crippen LogP contribution in [0.25, 0.3) is 16.8 Å². The van der Waals surface area contributed by atoms with Crippen molar-refractivity contribution >= 4 is 39.8 Å². The van der Waals surface area contributed by atoms with Crippen LogP contribution in [0.2, 0.25) is 5.02 Å². The first kappa shape index (κ1) is 23.7. The van der Waals surface area contributed by atoms with E-state index in [0.717, 1.165) is 16.8 Å². The molecule has 2 aromatic carbocycles. The zero-order valence-corrected chi connectivity index (χ0v) is 20.8. The van der Waals surface area contributed by atoms with Crippen LogP contribution in [0.3, 0.4) is 0 Å². The summed E-state index contributed by atoms with van der Waals surface area (Å²) in [6.07, 6.45) is 3.50. The predicted molar refractivity (Wildman–Crippen MR) is 136 cm³/mol. The zero-order valence-electron chi connectivity index (χ0n) is 19.3. The molecule has 0 aliphatic carbocycles. The van der Waals surface area contributed by atoms with Crippen molar-refractivity contribution in [2.75, 3.05) is 5.32 Å². The average molecular weight is 494 g/mol. The molecule has 0 radical (unpaired) electrons. The summed E-state index contributed by atoms with van der Waals surface area (Å²) in [5.41, 5.74) is 3.29. The Kier molecular flexibility index (Phi) is 6.59. The molecule has 0 atom stereocenters. The van der Waals surface area contributed by atoms with Gasteiger partial charge in [0.25, 0.3) is 5.91 Å². The molecule has 0 bridgehead atoms. The minimum absolute atomic E-state index is 0.293. The molecule has 34 heavy (non-hydrogen) atoms. The summed E-state index contributed by atoms with van der Waals surface area (Å²) >= 11 is 7.26. The minimum atomic E-state index is -0.693. The fourth-order valence-electron chi connectivity index (χ4n) is 3.35. The van der Waals surface area contributed by atoms with Crippen LogP contribution < -0.4 is 5.32 Å². The highest BCUT2D eigenvalue weighted by molar-refractivity contribution is 7.15. The van der Waals surface area contributed by atoms with Crippen molar-refractivity contribution in [1.82, 2.24) is 9.78 Å². The van der Waals surface area contributed by atoms with Crippen LogP contribution >= 0.6 is 22.9 Å². The van der Waals surface area contributed by atoms with E-state index in [1.54, 1.807) is 55.9 Å². The normalized spacial score (nSPS) is 11.3. The SMILES string of the molecule is Cc1cccc(C(=O)Nc2scc(-c3cnn(-c4ccc(Cl)cc4)c3)c2C(=O)OC(C)(C)C)c1. The predicted octanol–water partition coefficient (Wildman–Crippen LogP) is 6.77. The van der Waals surface area contributed by atoms with Crippen molar-refractivity contribution in [3.63, 3.8) is 0 Å². The monoisotopic (exact) mass is 493 g/mol. The van der Waals surface area contributed by atoms with Crippen molar-refractivity contribution in [3.05, 3.63) is 88.0 Å². The van der Waals surface area contributed by atoms with Gasteiger partial charge in [-0.05, 0) is 64.1 Å². The lowest BCUT2D eigenvalue weighted by molar-refractivity contribution is 0.00721. The van der Waals surface area contributed by atoms with Gasteiger partial charge in [-0.1, -0.05) is 29.3 Å². The van der Waals surface area contributed by atoms with E-state index in [4.69, 9.17) is 16.3 Å². The number of halogens is 1. The number of aromatic nitrogens is 2. The lowest BCUT2D eigenvalue weighted by Gasteiger charge is -2.20. The number of rotatable bonds is 5. The largest absolute Gasteiger partial charge is 0.456 e. The van der Waals surface area contributed by atoms with E-state index < -0.39 is 11.6 Å². The smallest absolute Gasteiger partial charge is 0.342 e. The van der Waals surface area contributed by atoms with E-state index >= 15 is 0 Å². The van der Waals surface area contributed by atoms with E-state index in [-0.39, 0.29) is 5.91 Å². The number of hydrogen-bond acceptors (Lipinski definition) is 5. The molecule has 0 saturated carbocycles. The molecule has 0 fully saturated rings. The highest BCUT2D eigenvalue weighted by Crippen LogP contribution is 2.37. The molecule has 6 nitrogen and oxygen atoms in total. The molecule has 2 heterocycles. The Morgan fingerprint density at radius 2 is 1.85 bits per heavy atom. The third kappa shape index (κ3) is 5.38. The zero-order chi connectivity index (χ0) is 24.5. The van der Waals surface area contributed by atoms with Crippen LogP contribution in [0.4, 0.5) is 5.00 Å². The summed E-state index contributed by atoms with van der Waals surface area (Å²) in [5, 5.41) is 10.2. The van der Waals surface area contributed by atoms with Crippen molar-refractivity contribution in [3.8, 4) is 16.8 Å². The summed E-state index contributed by atoms with van der Waals surface area (Å²) < 4.78 is 7.37. The Hall–Kier alpha value is -3.42. The highest BCUT2D eigenvalue weighted by atomic mass is 35.5. The molecule has 0 aliphatic heterocycles. The van der Waals surface area contributed by atoms with Gasteiger partial charge < -0.3 is 10.1 Å². The number of amides is 1. The molecule has 4 aromatic rings. The lowest BCUT2D eigenvalue weighted by atomic mass is 10.1. The van der Waals surface area contributed by atoms with Crippen LogP contribution in [-0.4, -0.2) is 27.3 Å². The van der Waals surface area contributed by atoms with Gasteiger partial charge in [0.1, 0.15) is 16.2 Å². The molecule has 0 unspecified atom stereocenters. The number of carbonyl (C=O) groups excluding carboxylic acids is 2. The maximum atomic E-state index is 13.2. The number of thiophene rings is 1. The molecule has 174 valence electrons. The number of nitrogens with one attached hydrogen (secondary N) is 1. The van der Waals surface area contributed by atoms with Crippen LogP contribution in [0, 0.1) is 6.92 Å². The first-order valence-electron chi connectivity index (χ1n) is 10.6. The molecule has 0 saturated heterocycles. The number of hydrogen-bond donors (Lipinski definition) is 1. The number of ether oxygens (including phenoxy) is 1. The van der Waals surface area contributed by atoms with Crippen molar-refractivity contribution in [1.29, 1.82) is 0 Å². The number of benzene rings is 2. The maximum Gasteiger partial charge on any atom is 0.342 e. The maximum absolute atomic E-state index is 13.2. The Bertz CT molecular complexity index is 1350. The fourth-order valence-corrected chi connectivity index (χ4v) is 4.43. The second kappa shape index (κ2) is 9.44. The second-order valence-electron chi connectivity index (χ2n) is 8.83. The van der Waals surface area contributed by atoms with E-state index in [9.17, 15) is 9.59 Å². The number of nitrogens with zero attached hydrogens (tertiary/aromatic N) is 2. The Labute approximate surface area is 207 Å². The summed E-state index contributed by atoms with van der Waals surface area (Å²) in [5.74, 6) is -0.804. The average Bonchev–Trinajstić information content (AvgIpc) is 3.40. The molecule has 0 aliphatic rings. The summed E-state index contributed by atoms with van der Waals surface area (Å²) in [7, 11) is 0. The van der Waals surface area contributed by atoms with Gasteiger partial charge in [-0.2, -0.15) is 5.10 Å². The molecule has 1 N–H and O–H groups in total. The van der Waals surface area contributed by atoms with Crippen LogP contribution in [0.5, 0.6) is 0 Å². The quantitative estimate of drug-likeness (QED) is 0.311. The molecule has 0 spiro atoms. The standard InChI is InChI=1S/C26H24ClN3O3S/c1-16-6-5-7-17(12-16)23(31)29-24-22(25(32)33-26(2,3)4)21(15-34-24)18-13-28-30(14-18)20-10-8-19(27)9-11-20/h5-15H,1-4H3,(H,29,31). The van der Waals surface area contributed by atoms with Gasteiger partial charge in [0.2, 0.25) is 0 Å². The summed E-state index contributed by atoms with van der Waals surface area (Å²) in [6, 6.07) is 14.6. The van der Waals surface area contributed by atoms with Crippen molar-refractivity contribution in [2.24, 2.45) is 0 Å². The molecular weight excluding hydrogens is 470 g/mol. The Balaban J connectivity index is 1.71. The topological polar surface area (TPSA) is 73.2 Å². The van der Waals surface area contributed by atoms with Gasteiger partial charge in [0, 0.05) is 33.3 Å². The first-order valence-corrected chi connectivity index (χ1v) is 11.9. The van der Waals surface area contributed by atoms with Gasteiger partial charge in [0.05, 0.1) is 11.9 Å². The van der Waals surface area contributed by atoms with Gasteiger partial charge in [-0.15, -0.1) is 11.3 Å². The third-order valence-electron chi connectivity index (χ3n) is 4.89. The molecular formula is C26H24ClN3O3S. The number of esters is 1. The second-order valence-corrected chi connectivity index (χ2v) is 10.1. The summed E-state index contributed by atoms with van der Waals surface area (Å²) in [4.78, 5) is 26.1. The number of carbonyl (C=O) groups is 2. The molecule has 4 rings (SSSR count). The van der Waals surface area contributed by atoms with Gasteiger partial charge >= 0.3 is 5.97 Å². The van der Waals surface area contributed by atoms with Crippen molar-refractivity contribution in [2.45, 2.75) is 33.3 Å². The highest BCUT2D eigenvalue weighted by Gasteiger charge is 2.27. The van der Waals surface area contributed by atoms with Gasteiger partial charge in [-0.25, -0.2) is 9.48 Å². The first-order chi connectivity index (χ1) is 16.1. The number of aryl methyl sites for hydroxylation is 1. The molecule has 8 heteroatoms. The minimum Gasteiger partial charge on any atom is -0.456 e. The van der Waals surface area contributed by atoms with Crippen molar-refractivity contribution < 1.29 is 14.3 Å². The van der Waals surface area contributed by atoms with E-state index in [0.29, 0.717) is 26.7 Å². The Morgan fingerprint density at radius 1 is 1.12 bits per heavy atom. The molecule has 2 aromatic heterocycles. The van der Waals surface area contributed by atoms with Crippen LogP contribution in [0.15, 0.2) is 66.3 Å². The lowest BCUT2D eigenvalue weighted by Crippen LogP contribution is -2.25. The summed E-state index contributed by atoms with van der Waals surface area (Å²) in [6.45, 7) is 7.34. The van der Waals surface area contributed by atoms with Crippen LogP contribution in [-0.2, 0) is 4.74 Å². The Morgan fingerprint density at radius 3 is 2.53 bits per heavy atom. The molecule has 1 amide bonds. The van der Waals surface area contributed by atoms with E-state index in [1.165, 1.54) is 11.3 Å². The fraction of sp³-hybridized carbons (Fsp3) is 0.192. The third-order valence-corrected chi connectivity index (χ3v) is 6.03. The van der Waals surface area contributed by atoms with Gasteiger partial charge in [-0.3, -0.25) is 4.79 Å². The van der Waals surface area contributed by atoms with E-state index in [1.807, 2.05) is 42.8 Å². The van der Waals surface area contributed by atoms with Crippen LogP contribution in [0.1, 0.15) is 47.1 Å². The number of anilines is 1.